The maximum atomic E-state index is 12.2. The lowest BCUT2D eigenvalue weighted by Crippen LogP contribution is -2.57. The molecule has 5 heteroatoms. The highest BCUT2D eigenvalue weighted by Crippen LogP contribution is 2.10. The Labute approximate surface area is 103 Å². The number of nitrogens with zero attached hydrogens (tertiary/aromatic N) is 3. The molecular formula is C12H22N4O. The van der Waals surface area contributed by atoms with Crippen LogP contribution in [0.25, 0.3) is 0 Å². The summed E-state index contributed by atoms with van der Waals surface area (Å²) in [5.41, 5.74) is -0.491. The van der Waals surface area contributed by atoms with Crippen LogP contribution in [-0.4, -0.2) is 61.0 Å². The zero-order valence-corrected chi connectivity index (χ0v) is 11.0. The molecule has 0 saturated carbocycles. The Kier molecular flexibility index (Phi) is 4.91. The summed E-state index contributed by atoms with van der Waals surface area (Å²) in [7, 11) is 1.81. The number of hydrogen-bond donors (Lipinski definition) is 1. The number of hydrogen-bond acceptors (Lipinski definition) is 4. The SMILES string of the molecule is CNC(C)(C)C(=O)N1CCN(CCC#N)CC1. The summed E-state index contributed by atoms with van der Waals surface area (Å²) in [5.74, 6) is 0.153. The summed E-state index contributed by atoms with van der Waals surface area (Å²) >= 11 is 0. The Morgan fingerprint density at radius 3 is 2.41 bits per heavy atom. The van der Waals surface area contributed by atoms with Gasteiger partial charge in [-0.1, -0.05) is 0 Å². The van der Waals surface area contributed by atoms with E-state index >= 15 is 0 Å². The molecule has 0 unspecified atom stereocenters. The highest BCUT2D eigenvalue weighted by molar-refractivity contribution is 5.85. The zero-order chi connectivity index (χ0) is 12.9. The van der Waals surface area contributed by atoms with Crippen LogP contribution in [0.2, 0.25) is 0 Å². The van der Waals surface area contributed by atoms with Gasteiger partial charge >= 0.3 is 0 Å². The molecule has 1 rings (SSSR count). The van der Waals surface area contributed by atoms with Gasteiger partial charge in [0.1, 0.15) is 0 Å². The summed E-state index contributed by atoms with van der Waals surface area (Å²) in [6.07, 6.45) is 0.565. The molecule has 0 bridgehead atoms. The summed E-state index contributed by atoms with van der Waals surface area (Å²) in [5, 5.41) is 11.6. The first-order chi connectivity index (χ1) is 8.01. The Bertz CT molecular complexity index is 300. The number of nitrogens with one attached hydrogen (secondary N) is 1. The van der Waals surface area contributed by atoms with Crippen LogP contribution >= 0.6 is 0 Å². The Morgan fingerprint density at radius 2 is 1.94 bits per heavy atom. The van der Waals surface area contributed by atoms with Crippen LogP contribution in [0.3, 0.4) is 0 Å². The second kappa shape index (κ2) is 5.99. The molecule has 0 aromatic rings. The van der Waals surface area contributed by atoms with E-state index in [4.69, 9.17) is 5.26 Å². The van der Waals surface area contributed by atoms with E-state index in [0.29, 0.717) is 6.42 Å². The van der Waals surface area contributed by atoms with Crippen LogP contribution in [0.1, 0.15) is 20.3 Å². The normalized spacial score (nSPS) is 17.9. The fraction of sp³-hybridized carbons (Fsp3) is 0.833. The molecule has 17 heavy (non-hydrogen) atoms. The van der Waals surface area contributed by atoms with Crippen molar-refractivity contribution >= 4 is 5.91 Å². The van der Waals surface area contributed by atoms with Crippen molar-refractivity contribution in [3.8, 4) is 6.07 Å². The average molecular weight is 238 g/mol. The molecule has 1 fully saturated rings. The van der Waals surface area contributed by atoms with E-state index < -0.39 is 5.54 Å². The third kappa shape index (κ3) is 3.69. The molecule has 1 amide bonds. The third-order valence-corrected chi connectivity index (χ3v) is 3.36. The minimum atomic E-state index is -0.491. The van der Waals surface area contributed by atoms with Gasteiger partial charge in [0.2, 0.25) is 5.91 Å². The first kappa shape index (κ1) is 13.9. The molecule has 0 spiro atoms. The van der Waals surface area contributed by atoms with Gasteiger partial charge in [0.15, 0.2) is 0 Å². The number of carbonyl (C=O) groups is 1. The number of carbonyl (C=O) groups excluding carboxylic acids is 1. The maximum absolute atomic E-state index is 12.2. The van der Waals surface area contributed by atoms with Crippen LogP contribution in [-0.2, 0) is 4.79 Å². The Morgan fingerprint density at radius 1 is 1.35 bits per heavy atom. The molecule has 1 aliphatic heterocycles. The maximum Gasteiger partial charge on any atom is 0.242 e. The molecule has 0 atom stereocenters. The van der Waals surface area contributed by atoms with Gasteiger partial charge in [-0.05, 0) is 20.9 Å². The average Bonchev–Trinajstić information content (AvgIpc) is 2.36. The summed E-state index contributed by atoms with van der Waals surface area (Å²) in [6, 6.07) is 2.15. The second-order valence-corrected chi connectivity index (χ2v) is 4.92. The quantitative estimate of drug-likeness (QED) is 0.751. The molecule has 1 N–H and O–H groups in total. The standard InChI is InChI=1S/C12H22N4O/c1-12(2,14-3)11(17)16-9-7-15(8-10-16)6-4-5-13/h14H,4,6-10H2,1-3H3. The van der Waals surface area contributed by atoms with Gasteiger partial charge in [-0.25, -0.2) is 0 Å². The van der Waals surface area contributed by atoms with Gasteiger partial charge in [-0.3, -0.25) is 9.69 Å². The number of rotatable bonds is 4. The van der Waals surface area contributed by atoms with Crippen LogP contribution < -0.4 is 5.32 Å². The van der Waals surface area contributed by atoms with Crippen molar-refractivity contribution < 1.29 is 4.79 Å². The van der Waals surface area contributed by atoms with Crippen LogP contribution in [0.15, 0.2) is 0 Å². The van der Waals surface area contributed by atoms with Gasteiger partial charge in [-0.15, -0.1) is 0 Å². The van der Waals surface area contributed by atoms with Crippen molar-refractivity contribution in [2.75, 3.05) is 39.8 Å². The molecule has 0 radical (unpaired) electrons. The lowest BCUT2D eigenvalue weighted by Gasteiger charge is -2.38. The summed E-state index contributed by atoms with van der Waals surface area (Å²) in [6.45, 7) is 7.87. The lowest BCUT2D eigenvalue weighted by atomic mass is 10.0. The van der Waals surface area contributed by atoms with E-state index in [2.05, 4.69) is 16.3 Å². The Balaban J connectivity index is 2.42. The number of likely N-dealkylation sites (N-methyl/N-ethyl adjacent to an activating group) is 1. The van der Waals surface area contributed by atoms with Crippen molar-refractivity contribution in [2.45, 2.75) is 25.8 Å². The predicted octanol–water partition coefficient (Wildman–Crippen LogP) is 0.0423. The van der Waals surface area contributed by atoms with E-state index in [9.17, 15) is 4.79 Å². The van der Waals surface area contributed by atoms with Crippen molar-refractivity contribution in [3.63, 3.8) is 0 Å². The molecule has 1 saturated heterocycles. The minimum absolute atomic E-state index is 0.153. The minimum Gasteiger partial charge on any atom is -0.339 e. The van der Waals surface area contributed by atoms with E-state index in [-0.39, 0.29) is 5.91 Å². The predicted molar refractivity (Wildman–Crippen MR) is 66.4 cm³/mol. The largest absolute Gasteiger partial charge is 0.339 e. The van der Waals surface area contributed by atoms with Gasteiger partial charge in [0.05, 0.1) is 11.6 Å². The van der Waals surface area contributed by atoms with E-state index in [1.54, 1.807) is 7.05 Å². The molecule has 96 valence electrons. The van der Waals surface area contributed by atoms with Crippen molar-refractivity contribution in [1.82, 2.24) is 15.1 Å². The Hall–Kier alpha value is -1.12. The van der Waals surface area contributed by atoms with Gasteiger partial charge in [0, 0.05) is 39.1 Å². The first-order valence-electron chi connectivity index (χ1n) is 6.09. The fourth-order valence-electron chi connectivity index (χ4n) is 1.88. The van der Waals surface area contributed by atoms with Crippen LogP contribution in [0.4, 0.5) is 0 Å². The molecule has 0 aromatic carbocycles. The number of amides is 1. The molecule has 5 nitrogen and oxygen atoms in total. The molecule has 0 aromatic heterocycles. The summed E-state index contributed by atoms with van der Waals surface area (Å²) < 4.78 is 0. The molecule has 1 heterocycles. The first-order valence-corrected chi connectivity index (χ1v) is 6.09. The van der Waals surface area contributed by atoms with Crippen LogP contribution in [0, 0.1) is 11.3 Å². The number of piperazine rings is 1. The van der Waals surface area contributed by atoms with Crippen molar-refractivity contribution in [1.29, 1.82) is 5.26 Å². The van der Waals surface area contributed by atoms with Crippen molar-refractivity contribution in [2.24, 2.45) is 0 Å². The van der Waals surface area contributed by atoms with E-state index in [1.165, 1.54) is 0 Å². The number of nitriles is 1. The monoisotopic (exact) mass is 238 g/mol. The van der Waals surface area contributed by atoms with Gasteiger partial charge in [0.25, 0.3) is 0 Å². The molecular weight excluding hydrogens is 216 g/mol. The molecule has 0 aliphatic carbocycles. The highest BCUT2D eigenvalue weighted by atomic mass is 16.2. The topological polar surface area (TPSA) is 59.4 Å². The van der Waals surface area contributed by atoms with Crippen LogP contribution in [0.5, 0.6) is 0 Å². The summed E-state index contributed by atoms with van der Waals surface area (Å²) in [4.78, 5) is 16.3. The zero-order valence-electron chi connectivity index (χ0n) is 11.0. The fourth-order valence-corrected chi connectivity index (χ4v) is 1.88. The second-order valence-electron chi connectivity index (χ2n) is 4.92. The molecule has 1 aliphatic rings. The highest BCUT2D eigenvalue weighted by Gasteiger charge is 2.31. The van der Waals surface area contributed by atoms with Gasteiger partial charge in [-0.2, -0.15) is 5.26 Å². The van der Waals surface area contributed by atoms with Gasteiger partial charge < -0.3 is 10.2 Å². The third-order valence-electron chi connectivity index (χ3n) is 3.36. The smallest absolute Gasteiger partial charge is 0.242 e. The van der Waals surface area contributed by atoms with E-state index in [1.807, 2.05) is 18.7 Å². The lowest BCUT2D eigenvalue weighted by molar-refractivity contribution is -0.138. The van der Waals surface area contributed by atoms with Crippen molar-refractivity contribution in [3.05, 3.63) is 0 Å². The van der Waals surface area contributed by atoms with E-state index in [0.717, 1.165) is 32.7 Å².